The summed E-state index contributed by atoms with van der Waals surface area (Å²) >= 11 is 0. The Morgan fingerprint density at radius 3 is 2.72 bits per heavy atom. The van der Waals surface area contributed by atoms with Gasteiger partial charge in [-0.05, 0) is 19.9 Å². The van der Waals surface area contributed by atoms with Crippen molar-refractivity contribution in [2.24, 2.45) is 5.73 Å². The molecule has 2 aromatic heterocycles. The Balaban J connectivity index is 1.50. The van der Waals surface area contributed by atoms with Gasteiger partial charge in [0.05, 0.1) is 36.3 Å². The molecule has 1 fully saturated rings. The highest BCUT2D eigenvalue weighted by atomic mass is 16.5. The van der Waals surface area contributed by atoms with Crippen molar-refractivity contribution >= 4 is 28.8 Å². The first-order valence-electron chi connectivity index (χ1n) is 10.4. The summed E-state index contributed by atoms with van der Waals surface area (Å²) in [5.74, 6) is -0.113. The van der Waals surface area contributed by atoms with Crippen molar-refractivity contribution in [3.05, 3.63) is 47.4 Å². The van der Waals surface area contributed by atoms with Gasteiger partial charge in [-0.2, -0.15) is 5.10 Å². The Bertz CT molecular complexity index is 1230. The number of amides is 2. The minimum absolute atomic E-state index is 0.211. The van der Waals surface area contributed by atoms with Gasteiger partial charge in [0.25, 0.3) is 11.8 Å². The number of hydrogen-bond donors (Lipinski definition) is 2. The molecule has 0 aliphatic carbocycles. The number of aromatic nitrogens is 3. The zero-order valence-corrected chi connectivity index (χ0v) is 17.9. The molecule has 2 aliphatic heterocycles. The Labute approximate surface area is 184 Å². The zero-order valence-electron chi connectivity index (χ0n) is 17.9. The van der Waals surface area contributed by atoms with Gasteiger partial charge in [0.1, 0.15) is 16.9 Å². The van der Waals surface area contributed by atoms with Crippen LogP contribution >= 0.6 is 0 Å². The fraction of sp³-hybridized carbons (Fsp3) is 0.364. The lowest BCUT2D eigenvalue weighted by atomic mass is 10.0. The maximum Gasteiger partial charge on any atom is 0.261 e. The summed E-state index contributed by atoms with van der Waals surface area (Å²) in [5, 5.41) is 7.19. The minimum atomic E-state index is -0.612. The van der Waals surface area contributed by atoms with Crippen molar-refractivity contribution in [2.45, 2.75) is 25.9 Å². The average molecular weight is 436 g/mol. The third kappa shape index (κ3) is 3.62. The first-order chi connectivity index (χ1) is 15.3. The summed E-state index contributed by atoms with van der Waals surface area (Å²) in [6.07, 6.45) is 4.97. The van der Waals surface area contributed by atoms with Gasteiger partial charge >= 0.3 is 0 Å². The van der Waals surface area contributed by atoms with Crippen LogP contribution < -0.4 is 20.7 Å². The van der Waals surface area contributed by atoms with Crippen LogP contribution in [-0.2, 0) is 11.2 Å². The second-order valence-corrected chi connectivity index (χ2v) is 8.60. The van der Waals surface area contributed by atoms with Crippen LogP contribution in [0.15, 0.2) is 30.7 Å². The third-order valence-electron chi connectivity index (χ3n) is 5.67. The van der Waals surface area contributed by atoms with Gasteiger partial charge in [0, 0.05) is 43.5 Å². The van der Waals surface area contributed by atoms with E-state index in [1.54, 1.807) is 0 Å². The molecule has 32 heavy (non-hydrogen) atoms. The number of nitrogens with one attached hydrogen (secondary N) is 1. The third-order valence-corrected chi connectivity index (χ3v) is 5.67. The molecule has 0 atom stereocenters. The summed E-state index contributed by atoms with van der Waals surface area (Å²) in [6.45, 7) is 6.78. The molecule has 5 rings (SSSR count). The van der Waals surface area contributed by atoms with Gasteiger partial charge in [-0.25, -0.2) is 9.50 Å². The number of anilines is 2. The van der Waals surface area contributed by atoms with Crippen LogP contribution in [0.25, 0.3) is 5.65 Å². The number of morpholine rings is 1. The topological polar surface area (TPSA) is 124 Å². The fourth-order valence-corrected chi connectivity index (χ4v) is 4.16. The average Bonchev–Trinajstić information content (AvgIpc) is 3.32. The molecule has 2 aliphatic rings. The molecule has 3 aromatic rings. The lowest BCUT2D eigenvalue weighted by Gasteiger charge is -2.31. The number of primary amides is 1. The molecule has 0 bridgehead atoms. The van der Waals surface area contributed by atoms with Gasteiger partial charge in [0.2, 0.25) is 0 Å². The molecule has 10 nitrogen and oxygen atoms in total. The van der Waals surface area contributed by atoms with E-state index >= 15 is 0 Å². The van der Waals surface area contributed by atoms with Gasteiger partial charge in [0.15, 0.2) is 5.65 Å². The Hall–Kier alpha value is -3.66. The Morgan fingerprint density at radius 1 is 1.19 bits per heavy atom. The summed E-state index contributed by atoms with van der Waals surface area (Å²) in [7, 11) is 0. The normalized spacial score (nSPS) is 17.1. The second kappa shape index (κ2) is 7.49. The summed E-state index contributed by atoms with van der Waals surface area (Å²) in [6, 6.07) is 3.98. The summed E-state index contributed by atoms with van der Waals surface area (Å²) < 4.78 is 13.0. The van der Waals surface area contributed by atoms with E-state index in [2.05, 4.69) is 20.3 Å². The summed E-state index contributed by atoms with van der Waals surface area (Å²) in [5.41, 5.74) is 8.49. The number of carbonyl (C=O) groups excluding carboxylic acids is 2. The van der Waals surface area contributed by atoms with Crippen molar-refractivity contribution in [2.75, 3.05) is 36.5 Å². The smallest absolute Gasteiger partial charge is 0.261 e. The van der Waals surface area contributed by atoms with Crippen LogP contribution in [0.2, 0.25) is 0 Å². The van der Waals surface area contributed by atoms with E-state index in [1.807, 2.05) is 26.0 Å². The number of ether oxygens (including phenoxy) is 2. The highest BCUT2D eigenvalue weighted by Crippen LogP contribution is 2.42. The quantitative estimate of drug-likeness (QED) is 0.637. The van der Waals surface area contributed by atoms with Crippen LogP contribution in [0.1, 0.15) is 40.1 Å². The molecular formula is C22H24N6O4. The van der Waals surface area contributed by atoms with E-state index in [-0.39, 0.29) is 17.1 Å². The Kier molecular flexibility index (Phi) is 4.74. The predicted molar refractivity (Wildman–Crippen MR) is 117 cm³/mol. The predicted octanol–water partition coefficient (Wildman–Crippen LogP) is 1.63. The van der Waals surface area contributed by atoms with E-state index in [0.29, 0.717) is 30.1 Å². The van der Waals surface area contributed by atoms with Gasteiger partial charge < -0.3 is 25.4 Å². The molecule has 4 heterocycles. The number of hydrogen-bond acceptors (Lipinski definition) is 7. The lowest BCUT2D eigenvalue weighted by Crippen LogP contribution is -2.36. The van der Waals surface area contributed by atoms with Crippen LogP contribution in [0.4, 0.5) is 11.4 Å². The molecular weight excluding hydrogens is 412 g/mol. The molecule has 0 spiro atoms. The highest BCUT2D eigenvalue weighted by molar-refractivity contribution is 6.09. The van der Waals surface area contributed by atoms with Crippen LogP contribution in [-0.4, -0.2) is 58.3 Å². The standard InChI is InChI=1S/C22H24N6O4/c1-22(2)9-13-7-16(17(8-18(13)32-22)27-3-5-31-6-4-27)26-21(30)15-11-25-28-12-14(19(23)29)10-24-20(15)28/h7-8,10-12H,3-6,9H2,1-2H3,(H2,23,29)(H,26,30). The van der Waals surface area contributed by atoms with Crippen molar-refractivity contribution in [1.82, 2.24) is 14.6 Å². The van der Waals surface area contributed by atoms with E-state index in [9.17, 15) is 9.59 Å². The molecule has 1 aromatic carbocycles. The van der Waals surface area contributed by atoms with Gasteiger partial charge in [-0.15, -0.1) is 0 Å². The SMILES string of the molecule is CC1(C)Cc2cc(NC(=O)c3cnn4cc(C(N)=O)cnc34)c(N3CCOCC3)cc2O1. The number of nitrogens with zero attached hydrogens (tertiary/aromatic N) is 4. The van der Waals surface area contributed by atoms with Crippen molar-refractivity contribution < 1.29 is 19.1 Å². The van der Waals surface area contributed by atoms with E-state index < -0.39 is 5.91 Å². The molecule has 166 valence electrons. The van der Waals surface area contributed by atoms with E-state index in [4.69, 9.17) is 15.2 Å². The second-order valence-electron chi connectivity index (χ2n) is 8.60. The molecule has 10 heteroatoms. The molecule has 2 amide bonds. The number of carbonyl (C=O) groups is 2. The zero-order chi connectivity index (χ0) is 22.5. The molecule has 0 saturated carbocycles. The van der Waals surface area contributed by atoms with Crippen LogP contribution in [0.3, 0.4) is 0 Å². The molecule has 3 N–H and O–H groups in total. The fourth-order valence-electron chi connectivity index (χ4n) is 4.16. The van der Waals surface area contributed by atoms with Crippen molar-refractivity contribution in [1.29, 1.82) is 0 Å². The minimum Gasteiger partial charge on any atom is -0.487 e. The highest BCUT2D eigenvalue weighted by Gasteiger charge is 2.32. The van der Waals surface area contributed by atoms with Gasteiger partial charge in [-0.1, -0.05) is 0 Å². The van der Waals surface area contributed by atoms with Crippen molar-refractivity contribution in [3.8, 4) is 5.75 Å². The number of nitrogens with two attached hydrogens (primary N) is 1. The molecule has 0 radical (unpaired) electrons. The number of benzene rings is 1. The lowest BCUT2D eigenvalue weighted by molar-refractivity contribution is 0.0997. The van der Waals surface area contributed by atoms with Crippen LogP contribution in [0.5, 0.6) is 5.75 Å². The number of fused-ring (bicyclic) bond motifs is 2. The molecule has 1 saturated heterocycles. The maximum atomic E-state index is 13.2. The largest absolute Gasteiger partial charge is 0.487 e. The maximum absolute atomic E-state index is 13.2. The number of rotatable bonds is 4. The molecule has 0 unspecified atom stereocenters. The van der Waals surface area contributed by atoms with E-state index in [1.165, 1.54) is 23.1 Å². The van der Waals surface area contributed by atoms with Crippen molar-refractivity contribution in [3.63, 3.8) is 0 Å². The monoisotopic (exact) mass is 436 g/mol. The van der Waals surface area contributed by atoms with Gasteiger partial charge in [-0.3, -0.25) is 9.59 Å². The first-order valence-corrected chi connectivity index (χ1v) is 10.4. The van der Waals surface area contributed by atoms with Crippen LogP contribution in [0, 0.1) is 0 Å². The first kappa shape index (κ1) is 20.3. The van der Waals surface area contributed by atoms with E-state index in [0.717, 1.165) is 36.5 Å². The summed E-state index contributed by atoms with van der Waals surface area (Å²) in [4.78, 5) is 31.0. The Morgan fingerprint density at radius 2 is 1.97 bits per heavy atom.